The van der Waals surface area contributed by atoms with Crippen molar-refractivity contribution in [2.24, 2.45) is 16.7 Å². The lowest BCUT2D eigenvalue weighted by Gasteiger charge is -2.22. The molecule has 0 rings (SSSR count). The molecule has 0 aliphatic rings. The molecular formula is C42H78O4S. The maximum Gasteiger partial charge on any atom is 0.312 e. The third-order valence-electron chi connectivity index (χ3n) is 9.77. The fourth-order valence-corrected chi connectivity index (χ4v) is 7.17. The number of rotatable bonds is 31. The normalized spacial score (nSPS) is 12.6. The number of aliphatic hydroxyl groups is 1. The third kappa shape index (κ3) is 26.5. The molecule has 4 nitrogen and oxygen atoms in total. The molecule has 0 radical (unpaired) electrons. The molecule has 0 aromatic carbocycles. The van der Waals surface area contributed by atoms with E-state index in [1.165, 1.54) is 88.8 Å². The minimum absolute atomic E-state index is 0.160. The Morgan fingerprint density at radius 1 is 0.617 bits per heavy atom. The molecule has 0 aliphatic heterocycles. The van der Waals surface area contributed by atoms with Crippen molar-refractivity contribution >= 4 is 22.8 Å². The van der Waals surface area contributed by atoms with E-state index in [-0.39, 0.29) is 24.1 Å². The fraction of sp³-hybridized carbons (Fsp3) is 0.905. The Balaban J connectivity index is 3.97. The van der Waals surface area contributed by atoms with Crippen LogP contribution in [0.1, 0.15) is 209 Å². The van der Waals surface area contributed by atoms with Gasteiger partial charge in [-0.2, -0.15) is 0 Å². The average Bonchev–Trinajstić information content (AvgIpc) is 3.04. The van der Waals surface area contributed by atoms with Crippen molar-refractivity contribution in [2.75, 3.05) is 12.4 Å². The van der Waals surface area contributed by atoms with Gasteiger partial charge in [0.1, 0.15) is 0 Å². The highest BCUT2D eigenvalue weighted by molar-refractivity contribution is 8.13. The highest BCUT2D eigenvalue weighted by atomic mass is 32.2. The molecule has 1 unspecified atom stereocenters. The van der Waals surface area contributed by atoms with Crippen molar-refractivity contribution in [3.63, 3.8) is 0 Å². The molecule has 276 valence electrons. The number of thioether (sulfide) groups is 1. The van der Waals surface area contributed by atoms with Gasteiger partial charge in [-0.15, -0.1) is 0 Å². The summed E-state index contributed by atoms with van der Waals surface area (Å²) in [6.45, 7) is 15.1. The predicted molar refractivity (Wildman–Crippen MR) is 206 cm³/mol. The van der Waals surface area contributed by atoms with Crippen LogP contribution in [0.5, 0.6) is 0 Å². The van der Waals surface area contributed by atoms with Gasteiger partial charge in [0.2, 0.25) is 0 Å². The highest BCUT2D eigenvalue weighted by Crippen LogP contribution is 2.31. The fourth-order valence-electron chi connectivity index (χ4n) is 6.15. The molecule has 0 aromatic heterocycles. The van der Waals surface area contributed by atoms with Gasteiger partial charge >= 0.3 is 5.97 Å². The van der Waals surface area contributed by atoms with E-state index in [0.717, 1.165) is 95.1 Å². The third-order valence-corrected chi connectivity index (χ3v) is 11.1. The van der Waals surface area contributed by atoms with Crippen LogP contribution in [0, 0.1) is 28.6 Å². The summed E-state index contributed by atoms with van der Waals surface area (Å²) < 4.78 is 5.50. The second kappa shape index (κ2) is 29.9. The van der Waals surface area contributed by atoms with Crippen LogP contribution in [0.4, 0.5) is 0 Å². The first-order valence-corrected chi connectivity index (χ1v) is 21.0. The second-order valence-electron chi connectivity index (χ2n) is 15.5. The van der Waals surface area contributed by atoms with Crippen LogP contribution in [-0.4, -0.2) is 34.7 Å². The van der Waals surface area contributed by atoms with Crippen LogP contribution in [-0.2, 0) is 14.3 Å². The predicted octanol–water partition coefficient (Wildman–Crippen LogP) is 12.6. The zero-order valence-corrected chi connectivity index (χ0v) is 33.1. The Morgan fingerprint density at radius 2 is 1.13 bits per heavy atom. The highest BCUT2D eigenvalue weighted by Gasteiger charge is 2.29. The zero-order chi connectivity index (χ0) is 35.2. The van der Waals surface area contributed by atoms with Gasteiger partial charge < -0.3 is 9.84 Å². The van der Waals surface area contributed by atoms with Crippen molar-refractivity contribution in [1.82, 2.24) is 0 Å². The van der Waals surface area contributed by atoms with Crippen LogP contribution in [0.2, 0.25) is 0 Å². The molecule has 0 saturated heterocycles. The first kappa shape index (κ1) is 46.0. The summed E-state index contributed by atoms with van der Waals surface area (Å²) in [6.07, 6.45) is 28.0. The van der Waals surface area contributed by atoms with Crippen LogP contribution in [0.3, 0.4) is 0 Å². The number of hydrogen-bond donors (Lipinski definition) is 1. The Morgan fingerprint density at radius 3 is 1.70 bits per heavy atom. The Bertz CT molecular complexity index is 816. The summed E-state index contributed by atoms with van der Waals surface area (Å²) in [5.74, 6) is 7.87. The Hall–Kier alpha value is -0.990. The number of carbonyl (C=O) groups excluding carboxylic acids is 2. The molecular weight excluding hydrogens is 601 g/mol. The van der Waals surface area contributed by atoms with E-state index >= 15 is 0 Å². The van der Waals surface area contributed by atoms with E-state index in [1.807, 2.05) is 13.8 Å². The van der Waals surface area contributed by atoms with Crippen LogP contribution in [0.15, 0.2) is 0 Å². The molecule has 0 fully saturated rings. The quantitative estimate of drug-likeness (QED) is 0.0449. The van der Waals surface area contributed by atoms with Gasteiger partial charge in [-0.25, -0.2) is 0 Å². The molecule has 0 bridgehead atoms. The van der Waals surface area contributed by atoms with E-state index < -0.39 is 5.41 Å². The van der Waals surface area contributed by atoms with Gasteiger partial charge in [0.25, 0.3) is 0 Å². The largest absolute Gasteiger partial charge is 0.452 e. The molecule has 0 amide bonds. The first-order valence-electron chi connectivity index (χ1n) is 20.0. The van der Waals surface area contributed by atoms with Gasteiger partial charge in [0.05, 0.1) is 11.5 Å². The second-order valence-corrected chi connectivity index (χ2v) is 16.6. The SMILES string of the molecule is CCCCCCCCCSC(=O)C(C)(C)CCCCCC(O)CCCCCC(C)(C)C(=O)OCC#CCCC(CCCC)CCCC. The lowest BCUT2D eigenvalue weighted by molar-refractivity contribution is -0.152. The van der Waals surface area contributed by atoms with Gasteiger partial charge in [-0.05, 0) is 58.3 Å². The summed E-state index contributed by atoms with van der Waals surface area (Å²) >= 11 is 1.54. The summed E-state index contributed by atoms with van der Waals surface area (Å²) in [5.41, 5.74) is -0.767. The molecule has 1 atom stereocenters. The number of unbranched alkanes of at least 4 members (excludes halogenated alkanes) is 12. The minimum atomic E-state index is -0.507. The van der Waals surface area contributed by atoms with Crippen LogP contribution in [0.25, 0.3) is 0 Å². The standard InChI is InChI=1S/C42H78O4S/c1-8-11-14-15-16-17-27-36-47-40(45)42(6,7)34-25-19-23-32-38(43)31-22-18-24-33-41(4,5)39(44)46-35-26-20-21-30-37(28-12-9-2)29-13-10-3/h37-38,43H,8-19,21-25,27-36H2,1-7H3. The van der Waals surface area contributed by atoms with Crippen molar-refractivity contribution in [2.45, 2.75) is 215 Å². The van der Waals surface area contributed by atoms with Crippen LogP contribution >= 0.6 is 11.8 Å². The monoisotopic (exact) mass is 679 g/mol. The van der Waals surface area contributed by atoms with Gasteiger partial charge in [-0.1, -0.05) is 174 Å². The summed E-state index contributed by atoms with van der Waals surface area (Å²) in [6, 6.07) is 0. The lowest BCUT2D eigenvalue weighted by Crippen LogP contribution is -2.26. The average molecular weight is 679 g/mol. The summed E-state index contributed by atoms with van der Waals surface area (Å²) in [4.78, 5) is 25.4. The smallest absolute Gasteiger partial charge is 0.312 e. The summed E-state index contributed by atoms with van der Waals surface area (Å²) in [5, 5.41) is 10.8. The number of esters is 1. The first-order chi connectivity index (χ1) is 22.5. The maximum absolute atomic E-state index is 12.7. The topological polar surface area (TPSA) is 63.6 Å². The van der Waals surface area contributed by atoms with E-state index in [1.54, 1.807) is 0 Å². The molecule has 1 N–H and O–H groups in total. The molecule has 0 aliphatic carbocycles. The minimum Gasteiger partial charge on any atom is -0.452 e. The van der Waals surface area contributed by atoms with E-state index in [0.29, 0.717) is 5.12 Å². The van der Waals surface area contributed by atoms with E-state index in [4.69, 9.17) is 4.74 Å². The van der Waals surface area contributed by atoms with Crippen molar-refractivity contribution < 1.29 is 19.4 Å². The molecule has 5 heteroatoms. The van der Waals surface area contributed by atoms with Crippen LogP contribution < -0.4 is 0 Å². The molecule has 0 heterocycles. The van der Waals surface area contributed by atoms with Gasteiger partial charge in [-0.3, -0.25) is 9.59 Å². The Labute approximate surface area is 297 Å². The van der Waals surface area contributed by atoms with Crippen molar-refractivity contribution in [3.8, 4) is 11.8 Å². The van der Waals surface area contributed by atoms with E-state index in [9.17, 15) is 14.7 Å². The lowest BCUT2D eigenvalue weighted by atomic mass is 9.86. The molecule has 0 saturated carbocycles. The van der Waals surface area contributed by atoms with Crippen molar-refractivity contribution in [1.29, 1.82) is 0 Å². The molecule has 0 spiro atoms. The van der Waals surface area contributed by atoms with Gasteiger partial charge in [0.15, 0.2) is 11.7 Å². The summed E-state index contributed by atoms with van der Waals surface area (Å²) in [7, 11) is 0. The number of ether oxygens (including phenoxy) is 1. The molecule has 0 aromatic rings. The number of hydrogen-bond acceptors (Lipinski definition) is 5. The Kier molecular flexibility index (Phi) is 29.3. The molecule has 47 heavy (non-hydrogen) atoms. The van der Waals surface area contributed by atoms with Gasteiger partial charge in [0, 0.05) is 17.6 Å². The van der Waals surface area contributed by atoms with Crippen molar-refractivity contribution in [3.05, 3.63) is 0 Å². The maximum atomic E-state index is 12.7. The zero-order valence-electron chi connectivity index (χ0n) is 32.3. The number of aliphatic hydroxyl groups excluding tert-OH is 1. The number of carbonyl (C=O) groups is 2. The van der Waals surface area contributed by atoms with E-state index in [2.05, 4.69) is 46.5 Å².